The highest BCUT2D eigenvalue weighted by Gasteiger charge is 2.17. The monoisotopic (exact) mass is 305 g/mol. The Labute approximate surface area is 128 Å². The van der Waals surface area contributed by atoms with Gasteiger partial charge in [-0.15, -0.1) is 0 Å². The summed E-state index contributed by atoms with van der Waals surface area (Å²) in [5.74, 6) is 0. The summed E-state index contributed by atoms with van der Waals surface area (Å²) in [6, 6.07) is 6.92. The fourth-order valence-corrected chi connectivity index (χ4v) is 2.57. The Morgan fingerprint density at radius 2 is 2.32 bits per heavy atom. The molecule has 1 unspecified atom stereocenters. The molecule has 1 atom stereocenters. The number of nitro benzene ring substituents is 1. The van der Waals surface area contributed by atoms with Gasteiger partial charge in [0.2, 0.25) is 0 Å². The van der Waals surface area contributed by atoms with Crippen LogP contribution in [-0.4, -0.2) is 35.3 Å². The lowest BCUT2D eigenvalue weighted by molar-refractivity contribution is -0.384. The number of hydrogen-bond acceptors (Lipinski definition) is 4. The second kappa shape index (κ2) is 7.56. The van der Waals surface area contributed by atoms with Crippen molar-refractivity contribution in [3.8, 4) is 0 Å². The molecule has 22 heavy (non-hydrogen) atoms. The predicted molar refractivity (Wildman–Crippen MR) is 82.7 cm³/mol. The lowest BCUT2D eigenvalue weighted by atomic mass is 9.93. The van der Waals surface area contributed by atoms with Gasteiger partial charge in [0, 0.05) is 31.3 Å². The van der Waals surface area contributed by atoms with Gasteiger partial charge in [-0.1, -0.05) is 18.2 Å². The first kappa shape index (κ1) is 16.0. The number of non-ortho nitro benzene ring substituents is 1. The van der Waals surface area contributed by atoms with Crippen molar-refractivity contribution < 1.29 is 14.8 Å². The first-order chi connectivity index (χ1) is 10.6. The van der Waals surface area contributed by atoms with Gasteiger partial charge in [-0.2, -0.15) is 0 Å². The molecule has 1 aromatic rings. The fraction of sp³-hybridized carbons (Fsp3) is 0.400. The Kier molecular flexibility index (Phi) is 5.48. The van der Waals surface area contributed by atoms with E-state index in [0.717, 1.165) is 36.9 Å². The topological polar surface area (TPSA) is 104 Å². The van der Waals surface area contributed by atoms with Crippen molar-refractivity contribution in [2.75, 3.05) is 13.1 Å². The molecule has 0 radical (unpaired) electrons. The van der Waals surface area contributed by atoms with Crippen molar-refractivity contribution in [3.63, 3.8) is 0 Å². The summed E-state index contributed by atoms with van der Waals surface area (Å²) in [4.78, 5) is 20.8. The van der Waals surface area contributed by atoms with E-state index in [1.54, 1.807) is 12.1 Å². The van der Waals surface area contributed by atoms with Gasteiger partial charge < -0.3 is 15.7 Å². The highest BCUT2D eigenvalue weighted by Crippen LogP contribution is 2.26. The molecule has 0 spiro atoms. The van der Waals surface area contributed by atoms with Crippen LogP contribution in [0.5, 0.6) is 0 Å². The van der Waals surface area contributed by atoms with E-state index in [1.165, 1.54) is 6.07 Å². The number of nitro groups is 1. The number of carboxylic acid groups (broad SMARTS) is 1. The highest BCUT2D eigenvalue weighted by molar-refractivity contribution is 5.68. The summed E-state index contributed by atoms with van der Waals surface area (Å²) in [7, 11) is 0. The normalized spacial score (nSPS) is 17.6. The largest absolute Gasteiger partial charge is 0.465 e. The minimum absolute atomic E-state index is 0.0964. The summed E-state index contributed by atoms with van der Waals surface area (Å²) < 4.78 is 0. The number of hydrogen-bond donors (Lipinski definition) is 3. The van der Waals surface area contributed by atoms with Crippen LogP contribution in [0.1, 0.15) is 24.8 Å². The molecule has 0 fully saturated rings. The number of nitrogens with zero attached hydrogens (tertiary/aromatic N) is 1. The van der Waals surface area contributed by atoms with E-state index in [4.69, 9.17) is 5.11 Å². The molecular weight excluding hydrogens is 286 g/mol. The van der Waals surface area contributed by atoms with Gasteiger partial charge in [0.1, 0.15) is 0 Å². The standard InChI is InChI=1S/C15H19N3O4/c19-15(20)17-7-2-4-13-9-12(6-8-16-13)11-3-1-5-14(10-11)18(21)22/h1,3,5-6,10,13,16-17H,2,4,7-9H2,(H,19,20). The lowest BCUT2D eigenvalue weighted by Crippen LogP contribution is -2.34. The molecule has 0 aromatic heterocycles. The van der Waals surface area contributed by atoms with Crippen LogP contribution in [0.3, 0.4) is 0 Å². The third-order valence-electron chi connectivity index (χ3n) is 3.65. The summed E-state index contributed by atoms with van der Waals surface area (Å²) in [6.07, 6.45) is 3.44. The van der Waals surface area contributed by atoms with E-state index in [2.05, 4.69) is 10.6 Å². The molecule has 7 nitrogen and oxygen atoms in total. The third kappa shape index (κ3) is 4.56. The first-order valence-corrected chi connectivity index (χ1v) is 7.20. The summed E-state index contributed by atoms with van der Waals surface area (Å²) in [5.41, 5.74) is 2.07. The summed E-state index contributed by atoms with van der Waals surface area (Å²) >= 11 is 0. The molecule has 7 heteroatoms. The van der Waals surface area contributed by atoms with Crippen LogP contribution in [-0.2, 0) is 0 Å². The smallest absolute Gasteiger partial charge is 0.404 e. The molecular formula is C15H19N3O4. The maximum atomic E-state index is 10.8. The second-order valence-electron chi connectivity index (χ2n) is 5.22. The van der Waals surface area contributed by atoms with Crippen molar-refractivity contribution in [2.24, 2.45) is 0 Å². The van der Waals surface area contributed by atoms with Crippen molar-refractivity contribution in [1.29, 1.82) is 0 Å². The van der Waals surface area contributed by atoms with E-state index in [0.29, 0.717) is 6.54 Å². The number of rotatable bonds is 6. The van der Waals surface area contributed by atoms with Gasteiger partial charge >= 0.3 is 6.09 Å². The van der Waals surface area contributed by atoms with E-state index in [1.807, 2.05) is 12.1 Å². The van der Waals surface area contributed by atoms with E-state index < -0.39 is 6.09 Å². The third-order valence-corrected chi connectivity index (χ3v) is 3.65. The van der Waals surface area contributed by atoms with Crippen LogP contribution in [0, 0.1) is 10.1 Å². The summed E-state index contributed by atoms with van der Waals surface area (Å²) in [6.45, 7) is 1.15. The predicted octanol–water partition coefficient (Wildman–Crippen LogP) is 2.39. The van der Waals surface area contributed by atoms with Crippen molar-refractivity contribution in [2.45, 2.75) is 25.3 Å². The Balaban J connectivity index is 1.93. The van der Waals surface area contributed by atoms with Gasteiger partial charge in [0.15, 0.2) is 0 Å². The van der Waals surface area contributed by atoms with Crippen LogP contribution in [0.2, 0.25) is 0 Å². The van der Waals surface area contributed by atoms with Gasteiger partial charge in [-0.05, 0) is 30.4 Å². The minimum Gasteiger partial charge on any atom is -0.465 e. The Bertz CT molecular complexity index is 586. The summed E-state index contributed by atoms with van der Waals surface area (Å²) in [5, 5.41) is 25.1. The zero-order valence-electron chi connectivity index (χ0n) is 12.1. The molecule has 0 aliphatic carbocycles. The molecule has 0 saturated heterocycles. The van der Waals surface area contributed by atoms with Crippen LogP contribution in [0.15, 0.2) is 30.3 Å². The number of nitrogens with one attached hydrogen (secondary N) is 2. The van der Waals surface area contributed by atoms with Crippen LogP contribution in [0.25, 0.3) is 5.57 Å². The molecule has 0 bridgehead atoms. The van der Waals surface area contributed by atoms with Gasteiger partial charge in [-0.25, -0.2) is 4.79 Å². The molecule has 0 saturated carbocycles. The Hall–Kier alpha value is -2.41. The van der Waals surface area contributed by atoms with E-state index >= 15 is 0 Å². The van der Waals surface area contributed by atoms with Crippen LogP contribution < -0.4 is 10.6 Å². The molecule has 1 heterocycles. The molecule has 1 amide bonds. The molecule has 118 valence electrons. The Morgan fingerprint density at radius 1 is 1.50 bits per heavy atom. The molecule has 1 aliphatic rings. The quantitative estimate of drug-likeness (QED) is 0.425. The molecule has 1 aromatic carbocycles. The van der Waals surface area contributed by atoms with E-state index in [9.17, 15) is 14.9 Å². The number of amides is 1. The minimum atomic E-state index is -1.01. The number of benzene rings is 1. The second-order valence-corrected chi connectivity index (χ2v) is 5.22. The zero-order valence-corrected chi connectivity index (χ0v) is 12.1. The highest BCUT2D eigenvalue weighted by atomic mass is 16.6. The zero-order chi connectivity index (χ0) is 15.9. The van der Waals surface area contributed by atoms with Gasteiger partial charge in [0.05, 0.1) is 4.92 Å². The Morgan fingerprint density at radius 3 is 3.05 bits per heavy atom. The van der Waals surface area contributed by atoms with Gasteiger partial charge in [-0.3, -0.25) is 10.1 Å². The molecule has 3 N–H and O–H groups in total. The molecule has 2 rings (SSSR count). The maximum Gasteiger partial charge on any atom is 0.404 e. The van der Waals surface area contributed by atoms with Crippen molar-refractivity contribution in [1.82, 2.24) is 10.6 Å². The fourth-order valence-electron chi connectivity index (χ4n) is 2.57. The SMILES string of the molecule is O=C(O)NCCCC1CC(c2cccc([N+](=O)[O-])c2)=CCN1. The van der Waals surface area contributed by atoms with Crippen molar-refractivity contribution in [3.05, 3.63) is 46.0 Å². The van der Waals surface area contributed by atoms with Crippen molar-refractivity contribution >= 4 is 17.4 Å². The van der Waals surface area contributed by atoms with Crippen LogP contribution >= 0.6 is 0 Å². The maximum absolute atomic E-state index is 10.8. The van der Waals surface area contributed by atoms with Crippen LogP contribution in [0.4, 0.5) is 10.5 Å². The average Bonchev–Trinajstić information content (AvgIpc) is 2.52. The van der Waals surface area contributed by atoms with Gasteiger partial charge in [0.25, 0.3) is 5.69 Å². The van der Waals surface area contributed by atoms with E-state index in [-0.39, 0.29) is 16.7 Å². The lowest BCUT2D eigenvalue weighted by Gasteiger charge is -2.24. The first-order valence-electron chi connectivity index (χ1n) is 7.20. The molecule has 1 aliphatic heterocycles. The number of carbonyl (C=O) groups is 1. The average molecular weight is 305 g/mol.